The number of sulfonamides is 1. The van der Waals surface area contributed by atoms with Crippen molar-refractivity contribution >= 4 is 21.6 Å². The molecule has 1 amide bonds. The van der Waals surface area contributed by atoms with Crippen LogP contribution in [0.15, 0.2) is 71.6 Å². The zero-order chi connectivity index (χ0) is 22.6. The van der Waals surface area contributed by atoms with Gasteiger partial charge in [0.25, 0.3) is 5.91 Å². The molecule has 0 aliphatic rings. The lowest BCUT2D eigenvalue weighted by atomic mass is 10.1. The minimum absolute atomic E-state index is 0.0607. The average molecular weight is 439 g/mol. The van der Waals surface area contributed by atoms with Crippen molar-refractivity contribution in [3.8, 4) is 5.75 Å². The van der Waals surface area contributed by atoms with Gasteiger partial charge in [0.1, 0.15) is 5.75 Å². The van der Waals surface area contributed by atoms with Crippen LogP contribution in [0.5, 0.6) is 5.75 Å². The summed E-state index contributed by atoms with van der Waals surface area (Å²) in [6.45, 7) is 4.06. The molecule has 0 saturated heterocycles. The Morgan fingerprint density at radius 3 is 2.32 bits per heavy atom. The first-order chi connectivity index (χ1) is 14.7. The molecule has 0 aliphatic heterocycles. The van der Waals surface area contributed by atoms with Crippen LogP contribution in [-0.2, 0) is 16.6 Å². The number of hydrogen-bond donors (Lipinski definition) is 1. The molecule has 3 aromatic carbocycles. The normalized spacial score (nSPS) is 11.4. The second kappa shape index (κ2) is 9.32. The summed E-state index contributed by atoms with van der Waals surface area (Å²) in [5.41, 5.74) is 3.94. The Kier molecular flexibility index (Phi) is 6.77. The predicted molar refractivity (Wildman–Crippen MR) is 122 cm³/mol. The summed E-state index contributed by atoms with van der Waals surface area (Å²) in [6.07, 6.45) is 0. The lowest BCUT2D eigenvalue weighted by Gasteiger charge is -2.19. The van der Waals surface area contributed by atoms with Crippen LogP contribution in [0.4, 0.5) is 5.69 Å². The maximum Gasteiger partial charge on any atom is 0.255 e. The van der Waals surface area contributed by atoms with E-state index in [1.54, 1.807) is 48.5 Å². The minimum atomic E-state index is -3.68. The van der Waals surface area contributed by atoms with Crippen molar-refractivity contribution in [1.29, 1.82) is 0 Å². The molecule has 0 fully saturated rings. The monoisotopic (exact) mass is 438 g/mol. The molecular formula is C24H26N2O4S. The molecule has 0 heterocycles. The highest BCUT2D eigenvalue weighted by Gasteiger charge is 2.22. The van der Waals surface area contributed by atoms with Gasteiger partial charge in [-0.05, 0) is 67.4 Å². The van der Waals surface area contributed by atoms with Crippen LogP contribution in [0.25, 0.3) is 0 Å². The van der Waals surface area contributed by atoms with E-state index < -0.39 is 10.0 Å². The van der Waals surface area contributed by atoms with E-state index in [0.717, 1.165) is 11.1 Å². The number of benzene rings is 3. The third-order valence-corrected chi connectivity index (χ3v) is 6.97. The van der Waals surface area contributed by atoms with E-state index in [1.807, 2.05) is 32.0 Å². The van der Waals surface area contributed by atoms with Crippen molar-refractivity contribution in [3.05, 3.63) is 89.0 Å². The number of hydrogen-bond acceptors (Lipinski definition) is 4. The minimum Gasteiger partial charge on any atom is -0.496 e. The van der Waals surface area contributed by atoms with E-state index in [-0.39, 0.29) is 17.3 Å². The number of anilines is 1. The molecule has 3 rings (SSSR count). The lowest BCUT2D eigenvalue weighted by molar-refractivity contribution is 0.102. The number of aryl methyl sites for hydroxylation is 2. The number of rotatable bonds is 7. The van der Waals surface area contributed by atoms with Crippen LogP contribution in [0.3, 0.4) is 0 Å². The maximum atomic E-state index is 12.9. The highest BCUT2D eigenvalue weighted by molar-refractivity contribution is 7.89. The summed E-state index contributed by atoms with van der Waals surface area (Å²) in [7, 11) is -0.659. The Hall–Kier alpha value is -3.16. The van der Waals surface area contributed by atoms with E-state index in [1.165, 1.54) is 18.5 Å². The van der Waals surface area contributed by atoms with Crippen LogP contribution in [0.1, 0.15) is 27.0 Å². The molecule has 0 saturated carbocycles. The molecular weight excluding hydrogens is 412 g/mol. The molecule has 0 aromatic heterocycles. The number of methoxy groups -OCH3 is 1. The zero-order valence-corrected chi connectivity index (χ0v) is 18.9. The molecule has 7 heteroatoms. The van der Waals surface area contributed by atoms with Gasteiger partial charge in [-0.25, -0.2) is 8.42 Å². The Labute approximate surface area is 183 Å². The van der Waals surface area contributed by atoms with Gasteiger partial charge < -0.3 is 10.1 Å². The Balaban J connectivity index is 1.84. The molecule has 0 bridgehead atoms. The van der Waals surface area contributed by atoms with Gasteiger partial charge in [0, 0.05) is 30.4 Å². The van der Waals surface area contributed by atoms with Crippen LogP contribution >= 0.6 is 0 Å². The van der Waals surface area contributed by atoms with Crippen molar-refractivity contribution in [2.75, 3.05) is 19.5 Å². The topological polar surface area (TPSA) is 75.7 Å². The van der Waals surface area contributed by atoms with Gasteiger partial charge in [0.05, 0.1) is 12.0 Å². The van der Waals surface area contributed by atoms with Crippen molar-refractivity contribution < 1.29 is 17.9 Å². The molecule has 0 radical (unpaired) electrons. The fourth-order valence-electron chi connectivity index (χ4n) is 3.16. The molecule has 0 atom stereocenters. The number of ether oxygens (including phenoxy) is 1. The lowest BCUT2D eigenvalue weighted by Crippen LogP contribution is -2.27. The van der Waals surface area contributed by atoms with Gasteiger partial charge in [0.2, 0.25) is 10.0 Å². The van der Waals surface area contributed by atoms with Gasteiger partial charge in [-0.1, -0.05) is 24.3 Å². The molecule has 162 valence electrons. The Bertz CT molecular complexity index is 1190. The standard InChI is InChI=1S/C24H26N2O4S/c1-17-10-12-21(14-18(17)2)25-24(27)19-11-13-23(30-4)20(15-19)16-26(3)31(28,29)22-8-6-5-7-9-22/h5-15H,16H2,1-4H3,(H,25,27). The van der Waals surface area contributed by atoms with Crippen molar-refractivity contribution in [2.45, 2.75) is 25.3 Å². The van der Waals surface area contributed by atoms with Gasteiger partial charge in [-0.15, -0.1) is 0 Å². The van der Waals surface area contributed by atoms with Gasteiger partial charge >= 0.3 is 0 Å². The summed E-state index contributed by atoms with van der Waals surface area (Å²) in [4.78, 5) is 13.0. The van der Waals surface area contributed by atoms with E-state index in [9.17, 15) is 13.2 Å². The van der Waals surface area contributed by atoms with Gasteiger partial charge in [-0.2, -0.15) is 4.31 Å². The second-order valence-corrected chi connectivity index (χ2v) is 9.40. The van der Waals surface area contributed by atoms with E-state index in [0.29, 0.717) is 22.6 Å². The largest absolute Gasteiger partial charge is 0.496 e. The van der Waals surface area contributed by atoms with Gasteiger partial charge in [0.15, 0.2) is 0 Å². The first-order valence-electron chi connectivity index (χ1n) is 9.79. The summed E-state index contributed by atoms with van der Waals surface area (Å²) in [5, 5.41) is 2.89. The van der Waals surface area contributed by atoms with E-state index in [2.05, 4.69) is 5.32 Å². The van der Waals surface area contributed by atoms with E-state index >= 15 is 0 Å². The summed E-state index contributed by atoms with van der Waals surface area (Å²) in [5.74, 6) is 0.235. The molecule has 0 spiro atoms. The number of nitrogens with one attached hydrogen (secondary N) is 1. The molecule has 1 N–H and O–H groups in total. The Morgan fingerprint density at radius 1 is 0.968 bits per heavy atom. The third kappa shape index (κ3) is 5.13. The number of nitrogens with zero attached hydrogens (tertiary/aromatic N) is 1. The number of amides is 1. The first-order valence-corrected chi connectivity index (χ1v) is 11.2. The fourth-order valence-corrected chi connectivity index (χ4v) is 4.33. The molecule has 0 unspecified atom stereocenters. The number of carbonyl (C=O) groups excluding carboxylic acids is 1. The van der Waals surface area contributed by atoms with Crippen molar-refractivity contribution in [3.63, 3.8) is 0 Å². The SMILES string of the molecule is COc1ccc(C(=O)Nc2ccc(C)c(C)c2)cc1CN(C)S(=O)(=O)c1ccccc1. The van der Waals surface area contributed by atoms with Crippen LogP contribution in [0, 0.1) is 13.8 Å². The fraction of sp³-hybridized carbons (Fsp3) is 0.208. The average Bonchev–Trinajstić information content (AvgIpc) is 2.76. The van der Waals surface area contributed by atoms with Crippen molar-refractivity contribution in [2.24, 2.45) is 0 Å². The van der Waals surface area contributed by atoms with Gasteiger partial charge in [-0.3, -0.25) is 4.79 Å². The quantitative estimate of drug-likeness (QED) is 0.594. The third-order valence-electron chi connectivity index (χ3n) is 5.15. The highest BCUT2D eigenvalue weighted by Crippen LogP contribution is 2.25. The van der Waals surface area contributed by atoms with E-state index in [4.69, 9.17) is 4.74 Å². The predicted octanol–water partition coefficient (Wildman–Crippen LogP) is 4.39. The zero-order valence-electron chi connectivity index (χ0n) is 18.0. The first kappa shape index (κ1) is 22.5. The summed E-state index contributed by atoms with van der Waals surface area (Å²) >= 11 is 0. The number of carbonyl (C=O) groups is 1. The highest BCUT2D eigenvalue weighted by atomic mass is 32.2. The van der Waals surface area contributed by atoms with Crippen LogP contribution in [-0.4, -0.2) is 32.8 Å². The summed E-state index contributed by atoms with van der Waals surface area (Å²) < 4.78 is 32.4. The molecule has 3 aromatic rings. The molecule has 0 aliphatic carbocycles. The molecule has 6 nitrogen and oxygen atoms in total. The summed E-state index contributed by atoms with van der Waals surface area (Å²) in [6, 6.07) is 18.9. The maximum absolute atomic E-state index is 12.9. The second-order valence-electron chi connectivity index (χ2n) is 7.35. The Morgan fingerprint density at radius 2 is 1.68 bits per heavy atom. The smallest absolute Gasteiger partial charge is 0.255 e. The van der Waals surface area contributed by atoms with Crippen molar-refractivity contribution in [1.82, 2.24) is 4.31 Å². The molecule has 31 heavy (non-hydrogen) atoms. The van der Waals surface area contributed by atoms with Crippen LogP contribution in [0.2, 0.25) is 0 Å². The van der Waals surface area contributed by atoms with Crippen LogP contribution < -0.4 is 10.1 Å².